The maximum absolute atomic E-state index is 12.5. The molecule has 0 aromatic heterocycles. The van der Waals surface area contributed by atoms with Crippen molar-refractivity contribution in [2.24, 2.45) is 5.92 Å². The van der Waals surface area contributed by atoms with E-state index in [0.29, 0.717) is 37.7 Å². The minimum atomic E-state index is -3.57. The molecule has 7 nitrogen and oxygen atoms in total. The Balaban J connectivity index is 1.42. The first-order chi connectivity index (χ1) is 14.5. The Morgan fingerprint density at radius 2 is 1.63 bits per heavy atom. The number of para-hydroxylation sites is 1. The summed E-state index contributed by atoms with van der Waals surface area (Å²) in [5.41, 5.74) is 0. The number of benzene rings is 2. The van der Waals surface area contributed by atoms with E-state index in [2.05, 4.69) is 4.72 Å². The van der Waals surface area contributed by atoms with E-state index >= 15 is 0 Å². The first-order valence-corrected chi connectivity index (χ1v) is 11.6. The number of hydrogen-bond acceptors (Lipinski definition) is 5. The number of piperidine rings is 1. The van der Waals surface area contributed by atoms with Crippen LogP contribution >= 0.6 is 0 Å². The summed E-state index contributed by atoms with van der Waals surface area (Å²) in [6.07, 6.45) is 1.51. The van der Waals surface area contributed by atoms with Crippen molar-refractivity contribution in [2.45, 2.75) is 24.7 Å². The normalized spacial score (nSPS) is 15.0. The highest BCUT2D eigenvalue weighted by atomic mass is 32.2. The number of likely N-dealkylation sites (tertiary alicyclic amines) is 1. The molecule has 1 aliphatic heterocycles. The number of nitrogens with zero attached hydrogens (tertiary/aromatic N) is 1. The zero-order valence-electron chi connectivity index (χ0n) is 17.1. The van der Waals surface area contributed by atoms with E-state index in [0.717, 1.165) is 12.8 Å². The molecule has 8 heteroatoms. The molecule has 0 atom stereocenters. The van der Waals surface area contributed by atoms with Crippen LogP contribution in [-0.4, -0.2) is 52.1 Å². The first-order valence-electron chi connectivity index (χ1n) is 10.2. The number of carbonyl (C=O) groups is 1. The molecule has 0 radical (unpaired) electrons. The zero-order chi connectivity index (χ0) is 21.4. The van der Waals surface area contributed by atoms with E-state index in [-0.39, 0.29) is 23.3 Å². The third kappa shape index (κ3) is 6.21. The van der Waals surface area contributed by atoms with Crippen LogP contribution in [0.4, 0.5) is 0 Å². The van der Waals surface area contributed by atoms with Crippen molar-refractivity contribution < 1.29 is 22.7 Å². The number of amides is 1. The van der Waals surface area contributed by atoms with Gasteiger partial charge in [-0.25, -0.2) is 13.1 Å². The van der Waals surface area contributed by atoms with Crippen LogP contribution in [0.25, 0.3) is 0 Å². The fourth-order valence-corrected chi connectivity index (χ4v) is 4.45. The van der Waals surface area contributed by atoms with E-state index in [9.17, 15) is 13.2 Å². The Kier molecular flexibility index (Phi) is 7.70. The van der Waals surface area contributed by atoms with Crippen LogP contribution in [0.1, 0.15) is 19.8 Å². The Hall–Kier alpha value is -2.58. The van der Waals surface area contributed by atoms with Gasteiger partial charge in [0.15, 0.2) is 6.61 Å². The summed E-state index contributed by atoms with van der Waals surface area (Å²) in [6.45, 7) is 3.99. The molecule has 1 N–H and O–H groups in total. The molecule has 0 spiro atoms. The van der Waals surface area contributed by atoms with Crippen molar-refractivity contribution >= 4 is 15.9 Å². The van der Waals surface area contributed by atoms with Gasteiger partial charge in [-0.2, -0.15) is 0 Å². The van der Waals surface area contributed by atoms with E-state index in [1.807, 2.05) is 37.3 Å². The third-order valence-electron chi connectivity index (χ3n) is 5.08. The highest BCUT2D eigenvalue weighted by Crippen LogP contribution is 2.19. The van der Waals surface area contributed by atoms with Gasteiger partial charge in [0, 0.05) is 19.6 Å². The quantitative estimate of drug-likeness (QED) is 0.659. The molecular weight excluding hydrogens is 404 g/mol. The fraction of sp³-hybridized carbons (Fsp3) is 0.409. The van der Waals surface area contributed by atoms with Crippen molar-refractivity contribution in [3.63, 3.8) is 0 Å². The second-order valence-electron chi connectivity index (χ2n) is 7.18. The number of ether oxygens (including phenoxy) is 2. The summed E-state index contributed by atoms with van der Waals surface area (Å²) in [5.74, 6) is 1.46. The van der Waals surface area contributed by atoms with Crippen molar-refractivity contribution in [1.29, 1.82) is 0 Å². The Bertz CT molecular complexity index is 908. The van der Waals surface area contributed by atoms with Crippen molar-refractivity contribution in [2.75, 3.05) is 32.8 Å². The molecule has 1 aliphatic rings. The predicted molar refractivity (Wildman–Crippen MR) is 114 cm³/mol. The lowest BCUT2D eigenvalue weighted by molar-refractivity contribution is -0.134. The summed E-state index contributed by atoms with van der Waals surface area (Å²) >= 11 is 0. The van der Waals surface area contributed by atoms with Gasteiger partial charge in [-0.3, -0.25) is 4.79 Å². The van der Waals surface area contributed by atoms with Gasteiger partial charge in [-0.05, 0) is 62.1 Å². The molecule has 1 amide bonds. The van der Waals surface area contributed by atoms with Crippen LogP contribution in [0.3, 0.4) is 0 Å². The number of sulfonamides is 1. The van der Waals surface area contributed by atoms with Crippen LogP contribution in [-0.2, 0) is 14.8 Å². The van der Waals surface area contributed by atoms with E-state index in [1.165, 1.54) is 0 Å². The molecule has 0 saturated carbocycles. The lowest BCUT2D eigenvalue weighted by atomic mass is 9.97. The number of hydrogen-bond donors (Lipinski definition) is 1. The third-order valence-corrected chi connectivity index (χ3v) is 6.52. The summed E-state index contributed by atoms with van der Waals surface area (Å²) in [7, 11) is -3.57. The van der Waals surface area contributed by atoms with Gasteiger partial charge in [0.25, 0.3) is 5.91 Å². The SMILES string of the molecule is CCOc1ccc(S(=O)(=O)NCC2CCN(C(=O)COc3ccccc3)CC2)cc1. The van der Waals surface area contributed by atoms with Crippen molar-refractivity contribution in [1.82, 2.24) is 9.62 Å². The van der Waals surface area contributed by atoms with Gasteiger partial charge >= 0.3 is 0 Å². The highest BCUT2D eigenvalue weighted by molar-refractivity contribution is 7.89. The minimum absolute atomic E-state index is 0.0129. The number of carbonyl (C=O) groups excluding carboxylic acids is 1. The van der Waals surface area contributed by atoms with Crippen LogP contribution in [0, 0.1) is 5.92 Å². The van der Waals surface area contributed by atoms with Crippen LogP contribution < -0.4 is 14.2 Å². The molecule has 0 unspecified atom stereocenters. The molecule has 0 aliphatic carbocycles. The summed E-state index contributed by atoms with van der Waals surface area (Å²) in [4.78, 5) is 14.3. The molecule has 30 heavy (non-hydrogen) atoms. The number of rotatable bonds is 9. The standard InChI is InChI=1S/C22H28N2O5S/c1-2-28-20-8-10-21(11-9-20)30(26,27)23-16-18-12-14-24(15-13-18)22(25)17-29-19-6-4-3-5-7-19/h3-11,18,23H,2,12-17H2,1H3. The molecule has 3 rings (SSSR count). The average Bonchev–Trinajstić information content (AvgIpc) is 2.78. The highest BCUT2D eigenvalue weighted by Gasteiger charge is 2.24. The molecule has 1 fully saturated rings. The minimum Gasteiger partial charge on any atom is -0.494 e. The van der Waals surface area contributed by atoms with Crippen LogP contribution in [0.5, 0.6) is 11.5 Å². The zero-order valence-corrected chi connectivity index (χ0v) is 17.9. The molecule has 2 aromatic carbocycles. The maximum atomic E-state index is 12.5. The van der Waals surface area contributed by atoms with E-state index in [4.69, 9.17) is 9.47 Å². The van der Waals surface area contributed by atoms with Gasteiger partial charge in [0.1, 0.15) is 11.5 Å². The van der Waals surface area contributed by atoms with Gasteiger partial charge in [-0.1, -0.05) is 18.2 Å². The second kappa shape index (κ2) is 10.4. The summed E-state index contributed by atoms with van der Waals surface area (Å²) in [6, 6.07) is 15.6. The van der Waals surface area contributed by atoms with Crippen molar-refractivity contribution in [3.8, 4) is 11.5 Å². The molecule has 1 heterocycles. The van der Waals surface area contributed by atoms with Crippen LogP contribution in [0.2, 0.25) is 0 Å². The largest absolute Gasteiger partial charge is 0.494 e. The Labute approximate surface area is 178 Å². The molecule has 162 valence electrons. The van der Waals surface area contributed by atoms with Crippen molar-refractivity contribution in [3.05, 3.63) is 54.6 Å². The lowest BCUT2D eigenvalue weighted by Gasteiger charge is -2.32. The molecule has 2 aromatic rings. The first kappa shape index (κ1) is 22.1. The van der Waals surface area contributed by atoms with Crippen LogP contribution in [0.15, 0.2) is 59.5 Å². The smallest absolute Gasteiger partial charge is 0.260 e. The lowest BCUT2D eigenvalue weighted by Crippen LogP contribution is -2.43. The average molecular weight is 433 g/mol. The molecule has 0 bridgehead atoms. The molecular formula is C22H28N2O5S. The maximum Gasteiger partial charge on any atom is 0.260 e. The second-order valence-corrected chi connectivity index (χ2v) is 8.95. The number of nitrogens with one attached hydrogen (secondary N) is 1. The Morgan fingerprint density at radius 1 is 1.00 bits per heavy atom. The van der Waals surface area contributed by atoms with Gasteiger partial charge < -0.3 is 14.4 Å². The van der Waals surface area contributed by atoms with E-state index in [1.54, 1.807) is 29.2 Å². The Morgan fingerprint density at radius 3 is 2.27 bits per heavy atom. The summed E-state index contributed by atoms with van der Waals surface area (Å²) in [5, 5.41) is 0. The topological polar surface area (TPSA) is 84.9 Å². The van der Waals surface area contributed by atoms with Gasteiger partial charge in [-0.15, -0.1) is 0 Å². The van der Waals surface area contributed by atoms with E-state index < -0.39 is 10.0 Å². The monoisotopic (exact) mass is 432 g/mol. The van der Waals surface area contributed by atoms with Gasteiger partial charge in [0.05, 0.1) is 11.5 Å². The predicted octanol–water partition coefficient (Wildman–Crippen LogP) is 2.68. The fourth-order valence-electron chi connectivity index (χ4n) is 3.33. The van der Waals surface area contributed by atoms with Gasteiger partial charge in [0.2, 0.25) is 10.0 Å². The molecule has 1 saturated heterocycles. The summed E-state index contributed by atoms with van der Waals surface area (Å²) < 4.78 is 38.6.